The molecule has 5 aliphatic carbocycles. The summed E-state index contributed by atoms with van der Waals surface area (Å²) in [7, 11) is 1.70. The predicted octanol–water partition coefficient (Wildman–Crippen LogP) is 2.90. The zero-order chi connectivity index (χ0) is 33.9. The van der Waals surface area contributed by atoms with Gasteiger partial charge < -0.3 is 49.6 Å². The Kier molecular flexibility index (Phi) is 8.65. The molecule has 2 aliphatic heterocycles. The van der Waals surface area contributed by atoms with Gasteiger partial charge >= 0.3 is 0 Å². The number of aliphatic hydroxyl groups is 6. The highest BCUT2D eigenvalue weighted by atomic mass is 16.7. The van der Waals surface area contributed by atoms with Gasteiger partial charge in [0.05, 0.1) is 25.4 Å². The Bertz CT molecular complexity index is 1220. The van der Waals surface area contributed by atoms with E-state index in [9.17, 15) is 30.6 Å². The molecule has 7 rings (SSSR count). The molecule has 0 aromatic rings. The smallest absolute Gasteiger partial charge is 0.186 e. The fourth-order valence-corrected chi connectivity index (χ4v) is 13.4. The maximum atomic E-state index is 11.6. The number of methoxy groups -OCH3 is 1. The van der Waals surface area contributed by atoms with Gasteiger partial charge in [-0.2, -0.15) is 0 Å². The van der Waals surface area contributed by atoms with Gasteiger partial charge in [0.25, 0.3) is 0 Å². The van der Waals surface area contributed by atoms with Gasteiger partial charge in [-0.15, -0.1) is 0 Å². The van der Waals surface area contributed by atoms with E-state index in [1.54, 1.807) is 7.11 Å². The third-order valence-electron chi connectivity index (χ3n) is 15.9. The van der Waals surface area contributed by atoms with Crippen LogP contribution in [0.25, 0.3) is 0 Å². The summed E-state index contributed by atoms with van der Waals surface area (Å²) < 4.78 is 24.4. The Morgan fingerprint density at radius 1 is 0.766 bits per heavy atom. The van der Waals surface area contributed by atoms with Crippen molar-refractivity contribution in [2.45, 2.75) is 148 Å². The van der Waals surface area contributed by atoms with Gasteiger partial charge in [0.1, 0.15) is 30.5 Å². The Balaban J connectivity index is 1.13. The molecule has 18 atom stereocenters. The molecular weight excluding hydrogens is 604 g/mol. The lowest BCUT2D eigenvalue weighted by Crippen LogP contribution is -2.63. The Morgan fingerprint density at radius 2 is 1.47 bits per heavy atom. The SMILES string of the molecule is COC1OC(C=C(C)C)C(O)C1C1CCC2(C)C3CCC4C(C)(CO)C(OC5OC(CO)C(O)C(O)C5O)CCC45CC35CCC12C. The van der Waals surface area contributed by atoms with Crippen LogP contribution in [0.15, 0.2) is 11.6 Å². The van der Waals surface area contributed by atoms with Crippen LogP contribution in [0.4, 0.5) is 0 Å². The molecule has 10 nitrogen and oxygen atoms in total. The summed E-state index contributed by atoms with van der Waals surface area (Å²) in [4.78, 5) is 0. The Labute approximate surface area is 279 Å². The lowest BCUT2D eigenvalue weighted by atomic mass is 9.41. The normalized spacial score (nSPS) is 58.3. The molecular formula is C37H60O10. The summed E-state index contributed by atoms with van der Waals surface area (Å²) in [6.07, 6.45) is 3.04. The number of ether oxygens (including phenoxy) is 4. The van der Waals surface area contributed by atoms with E-state index in [0.29, 0.717) is 18.3 Å². The van der Waals surface area contributed by atoms with Crippen LogP contribution >= 0.6 is 0 Å². The van der Waals surface area contributed by atoms with Crippen molar-refractivity contribution in [2.24, 2.45) is 50.7 Å². The molecule has 0 aromatic heterocycles. The second-order valence-corrected chi connectivity index (χ2v) is 17.7. The number of aliphatic hydroxyl groups excluding tert-OH is 6. The second kappa shape index (κ2) is 11.7. The summed E-state index contributed by atoms with van der Waals surface area (Å²) in [5.41, 5.74) is 1.09. The maximum absolute atomic E-state index is 11.6. The first-order valence-electron chi connectivity index (χ1n) is 18.3. The highest BCUT2D eigenvalue weighted by molar-refractivity contribution is 5.31. The largest absolute Gasteiger partial charge is 0.396 e. The molecule has 2 spiro atoms. The van der Waals surface area contributed by atoms with Crippen molar-refractivity contribution in [2.75, 3.05) is 20.3 Å². The first kappa shape index (κ1) is 34.8. The van der Waals surface area contributed by atoms with Crippen molar-refractivity contribution in [1.29, 1.82) is 0 Å². The second-order valence-electron chi connectivity index (χ2n) is 17.7. The molecule has 0 amide bonds. The van der Waals surface area contributed by atoms with Gasteiger partial charge in [0, 0.05) is 18.4 Å². The number of rotatable bonds is 7. The average molecular weight is 665 g/mol. The number of fused-ring (bicyclic) bond motifs is 2. The lowest BCUT2D eigenvalue weighted by Gasteiger charge is -2.64. The van der Waals surface area contributed by atoms with E-state index in [1.165, 1.54) is 6.42 Å². The minimum atomic E-state index is -1.50. The molecule has 18 unspecified atom stereocenters. The summed E-state index contributed by atoms with van der Waals surface area (Å²) in [5.74, 6) is 1.05. The van der Waals surface area contributed by atoms with Gasteiger partial charge in [-0.25, -0.2) is 0 Å². The van der Waals surface area contributed by atoms with E-state index < -0.39 is 61.2 Å². The van der Waals surface area contributed by atoms with Crippen LogP contribution in [0.2, 0.25) is 0 Å². The monoisotopic (exact) mass is 664 g/mol. The van der Waals surface area contributed by atoms with E-state index in [1.807, 2.05) is 19.9 Å². The molecule has 7 fully saturated rings. The molecule has 0 aromatic carbocycles. The molecule has 6 N–H and O–H groups in total. The minimum Gasteiger partial charge on any atom is -0.396 e. The van der Waals surface area contributed by atoms with E-state index >= 15 is 0 Å². The predicted molar refractivity (Wildman–Crippen MR) is 172 cm³/mol. The quantitative estimate of drug-likeness (QED) is 0.177. The summed E-state index contributed by atoms with van der Waals surface area (Å²) in [6, 6.07) is 0. The molecule has 10 heteroatoms. The topological polar surface area (TPSA) is 158 Å². The molecule has 47 heavy (non-hydrogen) atoms. The zero-order valence-electron chi connectivity index (χ0n) is 29.2. The van der Waals surface area contributed by atoms with Crippen molar-refractivity contribution in [1.82, 2.24) is 0 Å². The molecule has 0 bridgehead atoms. The van der Waals surface area contributed by atoms with Gasteiger partial charge in [0.15, 0.2) is 12.6 Å². The van der Waals surface area contributed by atoms with Gasteiger partial charge in [-0.1, -0.05) is 32.4 Å². The molecule has 5 saturated carbocycles. The highest BCUT2D eigenvalue weighted by Crippen LogP contribution is 2.89. The summed E-state index contributed by atoms with van der Waals surface area (Å²) in [5, 5.41) is 63.8. The van der Waals surface area contributed by atoms with E-state index in [0.717, 1.165) is 50.5 Å². The lowest BCUT2D eigenvalue weighted by molar-refractivity contribution is -0.329. The molecule has 7 aliphatic rings. The third-order valence-corrected chi connectivity index (χ3v) is 15.9. The molecule has 2 heterocycles. The van der Waals surface area contributed by atoms with Crippen LogP contribution < -0.4 is 0 Å². The fourth-order valence-electron chi connectivity index (χ4n) is 13.4. The first-order valence-corrected chi connectivity index (χ1v) is 18.3. The zero-order valence-corrected chi connectivity index (χ0v) is 29.2. The number of allylic oxidation sites excluding steroid dienone is 1. The fraction of sp³-hybridized carbons (Fsp3) is 0.946. The van der Waals surface area contributed by atoms with Crippen molar-refractivity contribution in [3.8, 4) is 0 Å². The van der Waals surface area contributed by atoms with Crippen molar-refractivity contribution in [3.05, 3.63) is 11.6 Å². The minimum absolute atomic E-state index is 0.0505. The Hall–Kier alpha value is -0.660. The van der Waals surface area contributed by atoms with E-state index in [-0.39, 0.29) is 46.2 Å². The number of hydrogen-bond donors (Lipinski definition) is 6. The van der Waals surface area contributed by atoms with Gasteiger partial charge in [-0.05, 0) is 111 Å². The van der Waals surface area contributed by atoms with Crippen molar-refractivity contribution in [3.63, 3.8) is 0 Å². The maximum Gasteiger partial charge on any atom is 0.186 e. The molecule has 268 valence electrons. The first-order chi connectivity index (χ1) is 22.2. The van der Waals surface area contributed by atoms with E-state index in [2.05, 4.69) is 20.8 Å². The van der Waals surface area contributed by atoms with E-state index in [4.69, 9.17) is 18.9 Å². The van der Waals surface area contributed by atoms with Crippen LogP contribution in [0.3, 0.4) is 0 Å². The van der Waals surface area contributed by atoms with Crippen LogP contribution in [0.5, 0.6) is 0 Å². The van der Waals surface area contributed by atoms with Crippen molar-refractivity contribution >= 4 is 0 Å². The summed E-state index contributed by atoms with van der Waals surface area (Å²) in [6.45, 7) is 10.7. The third kappa shape index (κ3) is 4.58. The molecule has 2 saturated heterocycles. The van der Waals surface area contributed by atoms with Crippen LogP contribution in [0.1, 0.15) is 92.4 Å². The van der Waals surface area contributed by atoms with Crippen LogP contribution in [-0.4, -0.2) is 106 Å². The average Bonchev–Trinajstić information content (AvgIpc) is 3.51. The Morgan fingerprint density at radius 3 is 2.13 bits per heavy atom. The van der Waals surface area contributed by atoms with Crippen LogP contribution in [-0.2, 0) is 18.9 Å². The van der Waals surface area contributed by atoms with Gasteiger partial charge in [-0.3, -0.25) is 0 Å². The standard InChI is InChI=1S/C37H60O10/c1-19(2)15-21-27(40)26(31(44-6)45-21)20-9-11-35(5)24-8-7-23-33(3,18-39)25(47-32-30(43)29(42)28(41)22(16-38)46-32)10-12-36(23)17-37(24,36)14-13-34(20,35)4/h15,20-32,38-43H,7-14,16-18H2,1-6H3. The van der Waals surface area contributed by atoms with Crippen molar-refractivity contribution < 1.29 is 49.6 Å². The number of hydrogen-bond acceptors (Lipinski definition) is 10. The van der Waals surface area contributed by atoms with Gasteiger partial charge in [0.2, 0.25) is 0 Å². The molecule has 0 radical (unpaired) electrons. The summed E-state index contributed by atoms with van der Waals surface area (Å²) >= 11 is 0. The highest BCUT2D eigenvalue weighted by Gasteiger charge is 2.83. The van der Waals surface area contributed by atoms with Crippen LogP contribution in [0, 0.1) is 50.7 Å².